The zero-order valence-electron chi connectivity index (χ0n) is 9.37. The summed E-state index contributed by atoms with van der Waals surface area (Å²) < 4.78 is 1.72. The molecular formula is C13H12N2O2. The first kappa shape index (κ1) is 11.1. The second-order valence-corrected chi connectivity index (χ2v) is 3.67. The van der Waals surface area contributed by atoms with E-state index in [0.717, 1.165) is 11.3 Å². The Kier molecular flexibility index (Phi) is 3.05. The summed E-state index contributed by atoms with van der Waals surface area (Å²) in [5.41, 5.74) is 2.43. The third kappa shape index (κ3) is 2.60. The molecule has 0 spiro atoms. The molecule has 0 fully saturated rings. The van der Waals surface area contributed by atoms with Gasteiger partial charge in [0.1, 0.15) is 0 Å². The van der Waals surface area contributed by atoms with Crippen molar-refractivity contribution in [3.05, 3.63) is 54.4 Å². The van der Waals surface area contributed by atoms with Crippen LogP contribution in [0.5, 0.6) is 0 Å². The Hall–Kier alpha value is -2.36. The summed E-state index contributed by atoms with van der Waals surface area (Å²) >= 11 is 0. The quantitative estimate of drug-likeness (QED) is 0.820. The number of aliphatic carboxylic acids is 1. The van der Waals surface area contributed by atoms with Crippen molar-refractivity contribution in [3.63, 3.8) is 0 Å². The summed E-state index contributed by atoms with van der Waals surface area (Å²) in [6.07, 6.45) is 4.64. The zero-order chi connectivity index (χ0) is 12.3. The minimum Gasteiger partial charge on any atom is -0.478 e. The van der Waals surface area contributed by atoms with Crippen LogP contribution in [0.3, 0.4) is 0 Å². The minimum absolute atomic E-state index is 0.680. The van der Waals surface area contributed by atoms with Crippen molar-refractivity contribution in [2.24, 2.45) is 0 Å². The van der Waals surface area contributed by atoms with E-state index in [4.69, 9.17) is 5.11 Å². The summed E-state index contributed by atoms with van der Waals surface area (Å²) in [6.45, 7) is 1.75. The zero-order valence-corrected chi connectivity index (χ0v) is 9.37. The minimum atomic E-state index is -0.949. The molecule has 0 saturated heterocycles. The number of hydrogen-bond acceptors (Lipinski definition) is 2. The Bertz CT molecular complexity index is 556. The van der Waals surface area contributed by atoms with Crippen LogP contribution in [0.25, 0.3) is 11.3 Å². The van der Waals surface area contributed by atoms with Crippen LogP contribution in [0.1, 0.15) is 12.5 Å². The van der Waals surface area contributed by atoms with E-state index in [0.29, 0.717) is 5.57 Å². The van der Waals surface area contributed by atoms with Crippen molar-refractivity contribution >= 4 is 11.5 Å². The number of nitrogens with zero attached hydrogens (tertiary/aromatic N) is 2. The number of benzene rings is 1. The molecule has 86 valence electrons. The first-order chi connectivity index (χ1) is 8.16. The van der Waals surface area contributed by atoms with E-state index >= 15 is 0 Å². The molecule has 1 N–H and O–H groups in total. The monoisotopic (exact) mass is 228 g/mol. The van der Waals surface area contributed by atoms with Crippen LogP contribution in [-0.2, 0) is 4.79 Å². The third-order valence-electron chi connectivity index (χ3n) is 2.40. The van der Waals surface area contributed by atoms with Gasteiger partial charge in [0.15, 0.2) is 0 Å². The van der Waals surface area contributed by atoms with E-state index in [-0.39, 0.29) is 0 Å². The fourth-order valence-electron chi connectivity index (χ4n) is 1.52. The number of carboxylic acid groups (broad SMARTS) is 1. The van der Waals surface area contributed by atoms with E-state index in [2.05, 4.69) is 5.10 Å². The maximum absolute atomic E-state index is 10.6. The summed E-state index contributed by atoms with van der Waals surface area (Å²) in [7, 11) is 0. The van der Waals surface area contributed by atoms with Gasteiger partial charge in [0.2, 0.25) is 0 Å². The predicted molar refractivity (Wildman–Crippen MR) is 64.9 cm³/mol. The lowest BCUT2D eigenvalue weighted by Gasteiger charge is -1.99. The van der Waals surface area contributed by atoms with Crippen LogP contribution in [0, 0.1) is 0 Å². The Morgan fingerprint density at radius 2 is 2.06 bits per heavy atom. The number of aromatic nitrogens is 2. The van der Waals surface area contributed by atoms with Crippen molar-refractivity contribution in [1.29, 1.82) is 0 Å². The number of hydrogen-bond donors (Lipinski definition) is 1. The molecule has 0 aliphatic rings. The molecule has 0 aliphatic carbocycles. The molecular weight excluding hydrogens is 216 g/mol. The summed E-state index contributed by atoms with van der Waals surface area (Å²) in [4.78, 5) is 10.6. The Balaban J connectivity index is 2.31. The highest BCUT2D eigenvalue weighted by Crippen LogP contribution is 2.14. The van der Waals surface area contributed by atoms with Crippen molar-refractivity contribution < 1.29 is 9.90 Å². The molecule has 0 saturated carbocycles. The van der Waals surface area contributed by atoms with Gasteiger partial charge in [-0.15, -0.1) is 0 Å². The largest absolute Gasteiger partial charge is 0.478 e. The molecule has 4 nitrogen and oxygen atoms in total. The SMILES string of the molecule is C/C(=C/C(=O)O)c1cnn(-c2ccccc2)c1. The molecule has 2 rings (SSSR count). The van der Waals surface area contributed by atoms with Gasteiger partial charge in [-0.05, 0) is 24.6 Å². The normalized spacial score (nSPS) is 11.5. The van der Waals surface area contributed by atoms with E-state index in [9.17, 15) is 4.79 Å². The van der Waals surface area contributed by atoms with E-state index < -0.39 is 5.97 Å². The molecule has 1 heterocycles. The lowest BCUT2D eigenvalue weighted by molar-refractivity contribution is -0.131. The molecule has 4 heteroatoms. The van der Waals surface area contributed by atoms with E-state index in [1.807, 2.05) is 36.5 Å². The second-order valence-electron chi connectivity index (χ2n) is 3.67. The highest BCUT2D eigenvalue weighted by atomic mass is 16.4. The third-order valence-corrected chi connectivity index (χ3v) is 2.40. The van der Waals surface area contributed by atoms with Crippen LogP contribution < -0.4 is 0 Å². The van der Waals surface area contributed by atoms with Gasteiger partial charge < -0.3 is 5.11 Å². The molecule has 0 amide bonds. The highest BCUT2D eigenvalue weighted by molar-refractivity contribution is 5.89. The van der Waals surface area contributed by atoms with Gasteiger partial charge in [0.25, 0.3) is 0 Å². The Morgan fingerprint density at radius 3 is 2.71 bits per heavy atom. The molecule has 17 heavy (non-hydrogen) atoms. The highest BCUT2D eigenvalue weighted by Gasteiger charge is 2.03. The summed E-state index contributed by atoms with van der Waals surface area (Å²) in [6, 6.07) is 9.66. The number of para-hydroxylation sites is 1. The van der Waals surface area contributed by atoms with Crippen molar-refractivity contribution in [1.82, 2.24) is 9.78 Å². The van der Waals surface area contributed by atoms with Gasteiger partial charge in [0.05, 0.1) is 11.9 Å². The predicted octanol–water partition coefficient (Wildman–Crippen LogP) is 2.36. The van der Waals surface area contributed by atoms with Gasteiger partial charge in [-0.1, -0.05) is 18.2 Å². The van der Waals surface area contributed by atoms with Crippen LogP contribution in [0.2, 0.25) is 0 Å². The van der Waals surface area contributed by atoms with Crippen molar-refractivity contribution in [2.45, 2.75) is 6.92 Å². The maximum atomic E-state index is 10.6. The standard InChI is InChI=1S/C13H12N2O2/c1-10(7-13(16)17)11-8-14-15(9-11)12-5-3-2-4-6-12/h2-9H,1H3,(H,16,17)/b10-7-. The van der Waals surface area contributed by atoms with Crippen molar-refractivity contribution in [2.75, 3.05) is 0 Å². The molecule has 1 aromatic carbocycles. The van der Waals surface area contributed by atoms with Gasteiger partial charge in [-0.3, -0.25) is 0 Å². The fourth-order valence-corrected chi connectivity index (χ4v) is 1.52. The number of allylic oxidation sites excluding steroid dienone is 1. The van der Waals surface area contributed by atoms with E-state index in [1.165, 1.54) is 6.08 Å². The smallest absolute Gasteiger partial charge is 0.328 e. The fraction of sp³-hybridized carbons (Fsp3) is 0.0769. The molecule has 0 unspecified atom stereocenters. The maximum Gasteiger partial charge on any atom is 0.328 e. The van der Waals surface area contributed by atoms with Crippen molar-refractivity contribution in [3.8, 4) is 5.69 Å². The van der Waals surface area contributed by atoms with Gasteiger partial charge in [-0.2, -0.15) is 5.10 Å². The summed E-state index contributed by atoms with van der Waals surface area (Å²) in [5, 5.41) is 12.9. The van der Waals surface area contributed by atoms with Crippen LogP contribution in [-0.4, -0.2) is 20.9 Å². The Morgan fingerprint density at radius 1 is 1.35 bits per heavy atom. The molecule has 0 bridgehead atoms. The second kappa shape index (κ2) is 4.65. The topological polar surface area (TPSA) is 55.1 Å². The van der Waals surface area contributed by atoms with Crippen LogP contribution in [0.4, 0.5) is 0 Å². The lowest BCUT2D eigenvalue weighted by atomic mass is 10.1. The Labute approximate surface area is 98.8 Å². The van der Waals surface area contributed by atoms with Gasteiger partial charge in [0, 0.05) is 17.8 Å². The first-order valence-corrected chi connectivity index (χ1v) is 5.18. The average molecular weight is 228 g/mol. The molecule has 0 atom stereocenters. The van der Waals surface area contributed by atoms with E-state index in [1.54, 1.807) is 17.8 Å². The number of carboxylic acids is 1. The molecule has 0 radical (unpaired) electrons. The lowest BCUT2D eigenvalue weighted by Crippen LogP contribution is -1.92. The molecule has 2 aromatic rings. The average Bonchev–Trinajstić information content (AvgIpc) is 2.78. The van der Waals surface area contributed by atoms with Crippen LogP contribution >= 0.6 is 0 Å². The molecule has 0 aliphatic heterocycles. The van der Waals surface area contributed by atoms with Gasteiger partial charge in [-0.25, -0.2) is 9.48 Å². The first-order valence-electron chi connectivity index (χ1n) is 5.18. The van der Waals surface area contributed by atoms with Gasteiger partial charge >= 0.3 is 5.97 Å². The van der Waals surface area contributed by atoms with Crippen LogP contribution in [0.15, 0.2) is 48.8 Å². The number of carbonyl (C=O) groups is 1. The number of rotatable bonds is 3. The summed E-state index contributed by atoms with van der Waals surface area (Å²) in [5.74, 6) is -0.949. The molecule has 1 aromatic heterocycles.